The monoisotopic (exact) mass is 500 g/mol. The van der Waals surface area contributed by atoms with Crippen LogP contribution in [0.1, 0.15) is 36.3 Å². The van der Waals surface area contributed by atoms with Gasteiger partial charge in [0.25, 0.3) is 0 Å². The fourth-order valence-electron chi connectivity index (χ4n) is 4.76. The van der Waals surface area contributed by atoms with Crippen molar-refractivity contribution >= 4 is 39.9 Å². The molecule has 1 aliphatic rings. The molecule has 0 saturated heterocycles. The highest BCUT2D eigenvalue weighted by atomic mass is 32.1. The third-order valence-electron chi connectivity index (χ3n) is 6.67. The second-order valence-electron chi connectivity index (χ2n) is 9.61. The van der Waals surface area contributed by atoms with Crippen molar-refractivity contribution in [1.29, 1.82) is 0 Å². The van der Waals surface area contributed by atoms with Gasteiger partial charge in [0.1, 0.15) is 10.8 Å². The fraction of sp³-hybridized carbons (Fsp3) is 0.357. The molecule has 0 bridgehead atoms. The lowest BCUT2D eigenvalue weighted by Crippen LogP contribution is -2.41. The normalized spacial score (nSPS) is 17.6. The number of anilines is 2. The second kappa shape index (κ2) is 10.6. The molecule has 0 radical (unpaired) electrons. The predicted octanol–water partition coefficient (Wildman–Crippen LogP) is 5.21. The first-order valence-corrected chi connectivity index (χ1v) is 13.3. The van der Waals surface area contributed by atoms with Gasteiger partial charge < -0.3 is 15.5 Å². The molecule has 1 fully saturated rings. The molecule has 1 amide bonds. The molecule has 1 saturated carbocycles. The lowest BCUT2D eigenvalue weighted by Gasteiger charge is -2.30. The van der Waals surface area contributed by atoms with Crippen molar-refractivity contribution in [3.63, 3.8) is 0 Å². The maximum Gasteiger partial charge on any atom is 0.226 e. The summed E-state index contributed by atoms with van der Waals surface area (Å²) in [5, 5.41) is 8.79. The minimum atomic E-state index is 0.0490. The van der Waals surface area contributed by atoms with Crippen molar-refractivity contribution in [3.05, 3.63) is 65.2 Å². The van der Waals surface area contributed by atoms with E-state index in [0.717, 1.165) is 63.5 Å². The van der Waals surface area contributed by atoms with Gasteiger partial charge in [0.2, 0.25) is 11.9 Å². The number of carbonyl (C=O) groups is 1. The summed E-state index contributed by atoms with van der Waals surface area (Å²) in [6.45, 7) is 2.04. The summed E-state index contributed by atoms with van der Waals surface area (Å²) in [7, 11) is 4.00. The smallest absolute Gasteiger partial charge is 0.226 e. The summed E-state index contributed by atoms with van der Waals surface area (Å²) < 4.78 is 0. The van der Waals surface area contributed by atoms with Crippen LogP contribution in [0.3, 0.4) is 0 Å². The first kappa shape index (κ1) is 24.2. The van der Waals surface area contributed by atoms with Crippen molar-refractivity contribution in [1.82, 2.24) is 20.3 Å². The number of fused-ring (bicyclic) bond motifs is 1. The number of hydrogen-bond acceptors (Lipinski definition) is 7. The Kier molecular flexibility index (Phi) is 7.13. The first-order valence-electron chi connectivity index (χ1n) is 12.5. The third kappa shape index (κ3) is 5.49. The van der Waals surface area contributed by atoms with E-state index in [2.05, 4.69) is 28.8 Å². The van der Waals surface area contributed by atoms with Gasteiger partial charge >= 0.3 is 0 Å². The zero-order chi connectivity index (χ0) is 25.1. The number of thiazole rings is 1. The third-order valence-corrected chi connectivity index (χ3v) is 7.74. The van der Waals surface area contributed by atoms with E-state index in [0.29, 0.717) is 18.4 Å². The van der Waals surface area contributed by atoms with Crippen LogP contribution in [0.15, 0.2) is 54.6 Å². The largest absolute Gasteiger partial charge is 0.362 e. The summed E-state index contributed by atoms with van der Waals surface area (Å²) in [6.07, 6.45) is 4.12. The number of aromatic nitrogens is 3. The summed E-state index contributed by atoms with van der Waals surface area (Å²) >= 11 is 1.65. The number of para-hydroxylation sites is 1. The summed E-state index contributed by atoms with van der Waals surface area (Å²) in [5.41, 5.74) is 2.90. The first-order chi connectivity index (χ1) is 17.5. The number of nitrogens with zero attached hydrogens (tertiary/aromatic N) is 4. The number of nitrogens with one attached hydrogen (secondary N) is 2. The van der Waals surface area contributed by atoms with E-state index in [1.165, 1.54) is 0 Å². The van der Waals surface area contributed by atoms with Crippen molar-refractivity contribution in [2.24, 2.45) is 0 Å². The molecule has 186 valence electrons. The van der Waals surface area contributed by atoms with Crippen LogP contribution in [0.25, 0.3) is 21.5 Å². The number of aryl methyl sites for hydroxylation is 1. The number of amides is 1. The van der Waals surface area contributed by atoms with Gasteiger partial charge in [-0.1, -0.05) is 42.5 Å². The minimum Gasteiger partial charge on any atom is -0.362 e. The highest BCUT2D eigenvalue weighted by Gasteiger charge is 2.24. The summed E-state index contributed by atoms with van der Waals surface area (Å²) in [5.74, 6) is 1.63. The molecule has 2 aromatic carbocycles. The lowest BCUT2D eigenvalue weighted by atomic mass is 9.91. The van der Waals surface area contributed by atoms with E-state index in [4.69, 9.17) is 15.0 Å². The predicted molar refractivity (Wildman–Crippen MR) is 148 cm³/mol. The van der Waals surface area contributed by atoms with Gasteiger partial charge in [0, 0.05) is 42.0 Å². The molecule has 0 spiro atoms. The molecule has 36 heavy (non-hydrogen) atoms. The van der Waals surface area contributed by atoms with Gasteiger partial charge in [-0.15, -0.1) is 11.3 Å². The van der Waals surface area contributed by atoms with Crippen LogP contribution in [-0.2, 0) is 11.2 Å². The van der Waals surface area contributed by atoms with E-state index in [-0.39, 0.29) is 11.9 Å². The van der Waals surface area contributed by atoms with Crippen LogP contribution in [0.5, 0.6) is 0 Å². The summed E-state index contributed by atoms with van der Waals surface area (Å²) in [4.78, 5) is 30.2. The van der Waals surface area contributed by atoms with Gasteiger partial charge in [0.15, 0.2) is 0 Å². The van der Waals surface area contributed by atoms with Gasteiger partial charge in [-0.3, -0.25) is 4.79 Å². The Morgan fingerprint density at radius 2 is 1.64 bits per heavy atom. The maximum atomic E-state index is 12.8. The second-order valence-corrected chi connectivity index (χ2v) is 10.8. The number of hydrogen-bond donors (Lipinski definition) is 2. The highest BCUT2D eigenvalue weighted by Crippen LogP contribution is 2.29. The standard InChI is InChI=1S/C28H32N6OS/c1-18-24(31-27(36-18)19-9-5-4-6-10-19)17-25(35)29-20-13-15-21(16-14-20)30-28-32-23-12-8-7-11-22(23)26(33-28)34(2)3/h4-12,20-21H,13-17H2,1-3H3,(H,29,35)(H,30,32,33)/t20-,21+. The molecule has 0 unspecified atom stereocenters. The maximum absolute atomic E-state index is 12.8. The van der Waals surface area contributed by atoms with Gasteiger partial charge in [-0.05, 0) is 44.7 Å². The molecule has 8 heteroatoms. The van der Waals surface area contributed by atoms with Crippen LogP contribution in [-0.4, -0.2) is 47.0 Å². The van der Waals surface area contributed by atoms with E-state index in [1.807, 2.05) is 62.3 Å². The van der Waals surface area contributed by atoms with Crippen LogP contribution in [0.4, 0.5) is 11.8 Å². The molecule has 4 aromatic rings. The van der Waals surface area contributed by atoms with Crippen molar-refractivity contribution in [2.75, 3.05) is 24.3 Å². The van der Waals surface area contributed by atoms with Crippen molar-refractivity contribution in [2.45, 2.75) is 51.1 Å². The Hall–Kier alpha value is -3.52. The van der Waals surface area contributed by atoms with Crippen LogP contribution in [0, 0.1) is 6.92 Å². The molecule has 7 nitrogen and oxygen atoms in total. The molecular formula is C28H32N6OS. The topological polar surface area (TPSA) is 83.0 Å². The quantitative estimate of drug-likeness (QED) is 0.363. The average Bonchev–Trinajstić information content (AvgIpc) is 3.25. The van der Waals surface area contributed by atoms with Crippen LogP contribution in [0.2, 0.25) is 0 Å². The fourth-order valence-corrected chi connectivity index (χ4v) is 5.69. The van der Waals surface area contributed by atoms with E-state index < -0.39 is 0 Å². The minimum absolute atomic E-state index is 0.0490. The summed E-state index contributed by atoms with van der Waals surface area (Å²) in [6, 6.07) is 18.7. The van der Waals surface area contributed by atoms with Gasteiger partial charge in [-0.25, -0.2) is 9.97 Å². The molecule has 5 rings (SSSR count). The molecular weight excluding hydrogens is 468 g/mol. The molecule has 0 aliphatic heterocycles. The van der Waals surface area contributed by atoms with Gasteiger partial charge in [0.05, 0.1) is 17.6 Å². The molecule has 1 aliphatic carbocycles. The molecule has 2 aromatic heterocycles. The molecule has 2 N–H and O–H groups in total. The Morgan fingerprint density at radius 3 is 2.39 bits per heavy atom. The van der Waals surface area contributed by atoms with E-state index >= 15 is 0 Å². The Labute approximate surface area is 216 Å². The average molecular weight is 501 g/mol. The van der Waals surface area contributed by atoms with E-state index in [1.54, 1.807) is 11.3 Å². The highest BCUT2D eigenvalue weighted by molar-refractivity contribution is 7.15. The van der Waals surface area contributed by atoms with E-state index in [9.17, 15) is 4.79 Å². The molecule has 2 heterocycles. The van der Waals surface area contributed by atoms with Crippen LogP contribution < -0.4 is 15.5 Å². The van der Waals surface area contributed by atoms with Crippen molar-refractivity contribution in [3.8, 4) is 10.6 Å². The Morgan fingerprint density at radius 1 is 0.944 bits per heavy atom. The van der Waals surface area contributed by atoms with Gasteiger partial charge in [-0.2, -0.15) is 4.98 Å². The number of carbonyl (C=O) groups excluding carboxylic acids is 1. The molecule has 0 atom stereocenters. The SMILES string of the molecule is Cc1sc(-c2ccccc2)nc1CC(=O)N[C@H]1CC[C@@H](Nc2nc(N(C)C)c3ccccc3n2)CC1. The lowest BCUT2D eigenvalue weighted by molar-refractivity contribution is -0.121. The number of benzene rings is 2. The Bertz CT molecular complexity index is 1340. The zero-order valence-electron chi connectivity index (χ0n) is 21.0. The van der Waals surface area contributed by atoms with Crippen LogP contribution >= 0.6 is 11.3 Å². The Balaban J connectivity index is 1.15. The zero-order valence-corrected chi connectivity index (χ0v) is 21.8. The van der Waals surface area contributed by atoms with Crippen molar-refractivity contribution < 1.29 is 4.79 Å². The number of rotatable bonds is 7.